The van der Waals surface area contributed by atoms with Crippen LogP contribution in [0.15, 0.2) is 57.9 Å². The quantitative estimate of drug-likeness (QED) is 0.342. The number of nitrogens with one attached hydrogen (secondary N) is 3. The van der Waals surface area contributed by atoms with Gasteiger partial charge in [-0.25, -0.2) is 13.1 Å². The SMILES string of the molecule is O=C(CCNS(=O)(=O)c1ccc(Cl)cc1)Nc1nnc(CCNC(=O)c2cccc(Br)c2)s1. The van der Waals surface area contributed by atoms with E-state index in [-0.39, 0.29) is 23.8 Å². The number of nitrogens with zero attached hydrogens (tertiary/aromatic N) is 2. The molecule has 0 saturated carbocycles. The van der Waals surface area contributed by atoms with Crippen LogP contribution < -0.4 is 15.4 Å². The molecular formula is C20H19BrClN5O4S2. The predicted octanol–water partition coefficient (Wildman–Crippen LogP) is 3.23. The summed E-state index contributed by atoms with van der Waals surface area (Å²) in [7, 11) is -3.73. The maximum absolute atomic E-state index is 12.2. The third kappa shape index (κ3) is 7.86. The first-order valence-corrected chi connectivity index (χ1v) is 13.1. The Kier molecular flexibility index (Phi) is 8.92. The Morgan fingerprint density at radius 3 is 2.55 bits per heavy atom. The van der Waals surface area contributed by atoms with Crippen LogP contribution in [-0.2, 0) is 21.2 Å². The summed E-state index contributed by atoms with van der Waals surface area (Å²) in [5.41, 5.74) is 0.543. The largest absolute Gasteiger partial charge is 0.352 e. The molecule has 0 saturated heterocycles. The van der Waals surface area contributed by atoms with Crippen molar-refractivity contribution in [3.8, 4) is 0 Å². The Morgan fingerprint density at radius 1 is 1.06 bits per heavy atom. The highest BCUT2D eigenvalue weighted by Crippen LogP contribution is 2.16. The number of halogens is 2. The van der Waals surface area contributed by atoms with E-state index in [1.165, 1.54) is 35.6 Å². The normalized spacial score (nSPS) is 11.2. The number of aromatic nitrogens is 2. The second-order valence-electron chi connectivity index (χ2n) is 6.67. The molecule has 0 aliphatic heterocycles. The van der Waals surface area contributed by atoms with E-state index in [4.69, 9.17) is 11.6 Å². The molecular weight excluding hydrogens is 554 g/mol. The molecule has 33 heavy (non-hydrogen) atoms. The number of hydrogen-bond acceptors (Lipinski definition) is 7. The van der Waals surface area contributed by atoms with Gasteiger partial charge in [0.05, 0.1) is 4.90 Å². The summed E-state index contributed by atoms with van der Waals surface area (Å²) in [6, 6.07) is 12.8. The zero-order chi connectivity index (χ0) is 23.8. The van der Waals surface area contributed by atoms with Crippen LogP contribution in [0.4, 0.5) is 5.13 Å². The van der Waals surface area contributed by atoms with Gasteiger partial charge in [-0.2, -0.15) is 0 Å². The van der Waals surface area contributed by atoms with E-state index < -0.39 is 15.9 Å². The van der Waals surface area contributed by atoms with Gasteiger partial charge in [0.15, 0.2) is 0 Å². The molecule has 0 atom stereocenters. The summed E-state index contributed by atoms with van der Waals surface area (Å²) in [6.07, 6.45) is 0.374. The molecule has 3 rings (SSSR count). The molecule has 0 radical (unpaired) electrons. The second kappa shape index (κ2) is 11.7. The Balaban J connectivity index is 1.40. The average Bonchev–Trinajstić information content (AvgIpc) is 3.20. The molecule has 0 fully saturated rings. The molecule has 2 amide bonds. The highest BCUT2D eigenvalue weighted by atomic mass is 79.9. The van der Waals surface area contributed by atoms with E-state index in [2.05, 4.69) is 41.5 Å². The van der Waals surface area contributed by atoms with Gasteiger partial charge in [-0.15, -0.1) is 10.2 Å². The number of amides is 2. The van der Waals surface area contributed by atoms with E-state index in [9.17, 15) is 18.0 Å². The molecule has 3 aromatic rings. The van der Waals surface area contributed by atoms with Crippen LogP contribution in [0.1, 0.15) is 21.8 Å². The van der Waals surface area contributed by atoms with Gasteiger partial charge in [-0.1, -0.05) is 44.9 Å². The Labute approximate surface area is 208 Å². The van der Waals surface area contributed by atoms with Crippen LogP contribution in [0, 0.1) is 0 Å². The topological polar surface area (TPSA) is 130 Å². The van der Waals surface area contributed by atoms with Crippen molar-refractivity contribution in [2.24, 2.45) is 0 Å². The highest BCUT2D eigenvalue weighted by Gasteiger charge is 2.15. The first kappa shape index (κ1) is 25.2. The standard InChI is InChI=1S/C20H19BrClN5O4S2/c21-14-3-1-2-13(12-14)19(29)23-10-9-18-26-27-20(32-18)25-17(28)8-11-24-33(30,31)16-6-4-15(22)5-7-16/h1-7,12,24H,8-11H2,(H,23,29)(H,25,27,28). The highest BCUT2D eigenvalue weighted by molar-refractivity contribution is 9.10. The number of hydrogen-bond donors (Lipinski definition) is 3. The van der Waals surface area contributed by atoms with Gasteiger partial charge in [0.1, 0.15) is 5.01 Å². The van der Waals surface area contributed by atoms with E-state index in [0.717, 1.165) is 4.47 Å². The first-order valence-electron chi connectivity index (χ1n) is 9.64. The third-order valence-electron chi connectivity index (χ3n) is 4.19. The first-order chi connectivity index (χ1) is 15.7. The number of carbonyl (C=O) groups is 2. The minimum absolute atomic E-state index is 0.0630. The zero-order valence-electron chi connectivity index (χ0n) is 17.0. The van der Waals surface area contributed by atoms with Crippen molar-refractivity contribution in [2.45, 2.75) is 17.7 Å². The van der Waals surface area contributed by atoms with Gasteiger partial charge in [0, 0.05) is 41.0 Å². The lowest BCUT2D eigenvalue weighted by atomic mass is 10.2. The summed E-state index contributed by atoms with van der Waals surface area (Å²) in [4.78, 5) is 24.3. The van der Waals surface area contributed by atoms with Crippen molar-refractivity contribution in [1.82, 2.24) is 20.2 Å². The van der Waals surface area contributed by atoms with Gasteiger partial charge in [-0.05, 0) is 42.5 Å². The molecule has 0 aliphatic rings. The Morgan fingerprint density at radius 2 is 1.82 bits per heavy atom. The number of sulfonamides is 1. The fraction of sp³-hybridized carbons (Fsp3) is 0.200. The van der Waals surface area contributed by atoms with Crippen molar-refractivity contribution in [3.05, 3.63) is 68.6 Å². The average molecular weight is 573 g/mol. The molecule has 9 nitrogen and oxygen atoms in total. The molecule has 2 aromatic carbocycles. The van der Waals surface area contributed by atoms with Gasteiger partial charge < -0.3 is 10.6 Å². The lowest BCUT2D eigenvalue weighted by Crippen LogP contribution is -2.27. The Hall–Kier alpha value is -2.38. The number of benzene rings is 2. The molecule has 0 bridgehead atoms. The van der Waals surface area contributed by atoms with Crippen LogP contribution >= 0.6 is 38.9 Å². The summed E-state index contributed by atoms with van der Waals surface area (Å²) >= 11 is 10.3. The predicted molar refractivity (Wildman–Crippen MR) is 130 cm³/mol. The maximum Gasteiger partial charge on any atom is 0.251 e. The fourth-order valence-electron chi connectivity index (χ4n) is 2.60. The van der Waals surface area contributed by atoms with Gasteiger partial charge in [0.2, 0.25) is 21.1 Å². The number of anilines is 1. The molecule has 0 aliphatic carbocycles. The van der Waals surface area contributed by atoms with Gasteiger partial charge in [-0.3, -0.25) is 9.59 Å². The van der Waals surface area contributed by atoms with Crippen LogP contribution in [0.5, 0.6) is 0 Å². The summed E-state index contributed by atoms with van der Waals surface area (Å²) in [6.45, 7) is 0.282. The molecule has 3 N–H and O–H groups in total. The monoisotopic (exact) mass is 571 g/mol. The number of carbonyl (C=O) groups excluding carboxylic acids is 2. The van der Waals surface area contributed by atoms with Crippen molar-refractivity contribution in [1.29, 1.82) is 0 Å². The van der Waals surface area contributed by atoms with Gasteiger partial charge in [0.25, 0.3) is 5.91 Å². The minimum Gasteiger partial charge on any atom is -0.352 e. The van der Waals surface area contributed by atoms with Crippen LogP contribution in [-0.4, -0.2) is 43.5 Å². The fourth-order valence-corrected chi connectivity index (χ4v) is 4.91. The zero-order valence-corrected chi connectivity index (χ0v) is 21.0. The van der Waals surface area contributed by atoms with E-state index >= 15 is 0 Å². The Bertz CT molecular complexity index is 1240. The van der Waals surface area contributed by atoms with E-state index in [1.54, 1.807) is 18.2 Å². The lowest BCUT2D eigenvalue weighted by Gasteiger charge is -2.06. The second-order valence-corrected chi connectivity index (χ2v) is 10.8. The molecule has 0 spiro atoms. The van der Waals surface area contributed by atoms with Gasteiger partial charge >= 0.3 is 0 Å². The molecule has 1 aromatic heterocycles. The molecule has 1 heterocycles. The lowest BCUT2D eigenvalue weighted by molar-refractivity contribution is -0.116. The van der Waals surface area contributed by atoms with E-state index in [1.807, 2.05) is 6.07 Å². The van der Waals surface area contributed by atoms with E-state index in [0.29, 0.717) is 33.7 Å². The maximum atomic E-state index is 12.2. The molecule has 174 valence electrons. The number of rotatable bonds is 10. The smallest absolute Gasteiger partial charge is 0.251 e. The van der Waals surface area contributed by atoms with Crippen molar-refractivity contribution in [3.63, 3.8) is 0 Å². The van der Waals surface area contributed by atoms with Crippen molar-refractivity contribution in [2.75, 3.05) is 18.4 Å². The molecule has 13 heteroatoms. The van der Waals surface area contributed by atoms with Crippen LogP contribution in [0.2, 0.25) is 5.02 Å². The van der Waals surface area contributed by atoms with Crippen LogP contribution in [0.3, 0.4) is 0 Å². The third-order valence-corrected chi connectivity index (χ3v) is 7.31. The van der Waals surface area contributed by atoms with Crippen molar-refractivity contribution < 1.29 is 18.0 Å². The minimum atomic E-state index is -3.73. The van der Waals surface area contributed by atoms with Crippen molar-refractivity contribution >= 4 is 65.8 Å². The summed E-state index contributed by atoms with van der Waals surface area (Å²) < 4.78 is 27.6. The summed E-state index contributed by atoms with van der Waals surface area (Å²) in [5.74, 6) is -0.602. The molecule has 0 unspecified atom stereocenters. The van der Waals surface area contributed by atoms with Crippen LogP contribution in [0.25, 0.3) is 0 Å². The summed E-state index contributed by atoms with van der Waals surface area (Å²) in [5, 5.41) is 14.7.